The van der Waals surface area contributed by atoms with Crippen LogP contribution in [-0.2, 0) is 0 Å². The van der Waals surface area contributed by atoms with E-state index < -0.39 is 0 Å². The van der Waals surface area contributed by atoms with Gasteiger partial charge in [0.1, 0.15) is 5.75 Å². The zero-order valence-corrected chi connectivity index (χ0v) is 8.93. The minimum atomic E-state index is 0.146. The Morgan fingerprint density at radius 2 is 2.31 bits per heavy atom. The Balaban J connectivity index is 2.89. The molecular formula is C10H10BrNO. The topological polar surface area (TPSA) is 33.1 Å². The average Bonchev–Trinajstić information content (AvgIpc) is 2.11. The molecule has 3 heteroatoms. The van der Waals surface area contributed by atoms with Crippen molar-refractivity contribution < 1.29 is 5.11 Å². The van der Waals surface area contributed by atoms with Crippen molar-refractivity contribution >= 4 is 15.9 Å². The molecule has 1 heterocycles. The van der Waals surface area contributed by atoms with Gasteiger partial charge in [0.25, 0.3) is 0 Å². The summed E-state index contributed by atoms with van der Waals surface area (Å²) in [6.45, 7) is 1.87. The molecular weight excluding hydrogens is 230 g/mol. The summed E-state index contributed by atoms with van der Waals surface area (Å²) in [6, 6.07) is 3.37. The highest BCUT2D eigenvalue weighted by Crippen LogP contribution is 2.12. The van der Waals surface area contributed by atoms with Crippen LogP contribution in [0.15, 0.2) is 12.1 Å². The van der Waals surface area contributed by atoms with Crippen LogP contribution < -0.4 is 0 Å². The number of aromatic nitrogens is 1. The van der Waals surface area contributed by atoms with E-state index in [-0.39, 0.29) is 5.75 Å². The highest BCUT2D eigenvalue weighted by molar-refractivity contribution is 9.09. The molecule has 1 rings (SSSR count). The third kappa shape index (κ3) is 3.08. The van der Waals surface area contributed by atoms with Gasteiger partial charge in [-0.3, -0.25) is 0 Å². The number of rotatable bonds is 1. The fraction of sp³-hybridized carbons (Fsp3) is 0.300. The fourth-order valence-electron chi connectivity index (χ4n) is 0.835. The van der Waals surface area contributed by atoms with Crippen LogP contribution in [0.1, 0.15) is 17.8 Å². The molecule has 0 radical (unpaired) electrons. The van der Waals surface area contributed by atoms with E-state index in [2.05, 4.69) is 32.8 Å². The van der Waals surface area contributed by atoms with Crippen molar-refractivity contribution in [2.24, 2.45) is 0 Å². The summed E-state index contributed by atoms with van der Waals surface area (Å²) in [7, 11) is 0. The summed E-state index contributed by atoms with van der Waals surface area (Å²) in [4.78, 5) is 4.11. The SMILES string of the molecule is Cc1ccc(O)c(C#CCCBr)n1. The normalized spacial score (nSPS) is 9.08. The third-order valence-corrected chi connectivity index (χ3v) is 1.84. The number of alkyl halides is 1. The number of hydrogen-bond donors (Lipinski definition) is 1. The molecule has 0 saturated heterocycles. The molecule has 0 aliphatic heterocycles. The molecule has 0 aliphatic rings. The summed E-state index contributed by atoms with van der Waals surface area (Å²) >= 11 is 3.27. The van der Waals surface area contributed by atoms with E-state index in [0.29, 0.717) is 5.69 Å². The predicted octanol–water partition coefficient (Wildman–Crippen LogP) is 2.23. The van der Waals surface area contributed by atoms with Crippen molar-refractivity contribution in [3.8, 4) is 17.6 Å². The average molecular weight is 240 g/mol. The van der Waals surface area contributed by atoms with E-state index in [4.69, 9.17) is 0 Å². The van der Waals surface area contributed by atoms with Gasteiger partial charge >= 0.3 is 0 Å². The first kappa shape index (κ1) is 10.1. The maximum absolute atomic E-state index is 9.36. The van der Waals surface area contributed by atoms with Crippen molar-refractivity contribution in [3.05, 3.63) is 23.5 Å². The number of hydrogen-bond acceptors (Lipinski definition) is 2. The standard InChI is InChI=1S/C10H10BrNO/c1-8-5-6-10(13)9(12-8)4-2-3-7-11/h5-6,13H,3,7H2,1H3. The van der Waals surface area contributed by atoms with Crippen molar-refractivity contribution in [1.82, 2.24) is 4.98 Å². The van der Waals surface area contributed by atoms with Gasteiger partial charge in [-0.1, -0.05) is 21.9 Å². The predicted molar refractivity (Wildman–Crippen MR) is 55.9 cm³/mol. The van der Waals surface area contributed by atoms with Crippen LogP contribution in [0.3, 0.4) is 0 Å². The molecule has 1 aromatic rings. The van der Waals surface area contributed by atoms with Crippen molar-refractivity contribution in [2.45, 2.75) is 13.3 Å². The van der Waals surface area contributed by atoms with Crippen LogP contribution in [0.2, 0.25) is 0 Å². The Kier molecular flexibility index (Phi) is 3.78. The Bertz CT molecular complexity index is 352. The van der Waals surface area contributed by atoms with E-state index in [1.165, 1.54) is 0 Å². The first-order valence-electron chi connectivity index (χ1n) is 3.95. The maximum Gasteiger partial charge on any atom is 0.155 e. The zero-order chi connectivity index (χ0) is 9.68. The molecule has 0 aromatic carbocycles. The van der Waals surface area contributed by atoms with Gasteiger partial charge in [0, 0.05) is 17.4 Å². The minimum Gasteiger partial charge on any atom is -0.505 e. The van der Waals surface area contributed by atoms with Crippen molar-refractivity contribution in [2.75, 3.05) is 5.33 Å². The molecule has 1 aromatic heterocycles. The summed E-state index contributed by atoms with van der Waals surface area (Å²) in [6.07, 6.45) is 0.759. The van der Waals surface area contributed by atoms with E-state index in [1.54, 1.807) is 12.1 Å². The van der Waals surface area contributed by atoms with Gasteiger partial charge in [-0.2, -0.15) is 0 Å². The number of pyridine rings is 1. The Morgan fingerprint density at radius 3 is 3.00 bits per heavy atom. The molecule has 0 atom stereocenters. The molecule has 1 N–H and O–H groups in total. The maximum atomic E-state index is 9.36. The molecule has 0 aliphatic carbocycles. The van der Waals surface area contributed by atoms with Crippen LogP contribution in [-0.4, -0.2) is 15.4 Å². The monoisotopic (exact) mass is 239 g/mol. The van der Waals surface area contributed by atoms with E-state index in [0.717, 1.165) is 17.4 Å². The molecule has 0 fully saturated rings. The highest BCUT2D eigenvalue weighted by Gasteiger charge is 1.97. The number of aromatic hydroxyl groups is 1. The largest absolute Gasteiger partial charge is 0.505 e. The summed E-state index contributed by atoms with van der Waals surface area (Å²) in [5.74, 6) is 5.86. The molecule has 2 nitrogen and oxygen atoms in total. The lowest BCUT2D eigenvalue weighted by Crippen LogP contribution is -1.86. The summed E-state index contributed by atoms with van der Waals surface area (Å²) < 4.78 is 0. The fourth-order valence-corrected chi connectivity index (χ4v) is 1.03. The van der Waals surface area contributed by atoms with E-state index in [9.17, 15) is 5.11 Å². The molecule has 0 saturated carbocycles. The Hall–Kier alpha value is -1.01. The lowest BCUT2D eigenvalue weighted by Gasteiger charge is -1.96. The van der Waals surface area contributed by atoms with Crippen LogP contribution in [0.4, 0.5) is 0 Å². The molecule has 68 valence electrons. The van der Waals surface area contributed by atoms with Crippen LogP contribution in [0.25, 0.3) is 0 Å². The van der Waals surface area contributed by atoms with Gasteiger partial charge in [0.05, 0.1) is 0 Å². The molecule has 0 unspecified atom stereocenters. The number of halogens is 1. The Labute approximate surface area is 86.1 Å². The van der Waals surface area contributed by atoms with Gasteiger partial charge in [-0.15, -0.1) is 0 Å². The van der Waals surface area contributed by atoms with Gasteiger partial charge in [0.2, 0.25) is 0 Å². The smallest absolute Gasteiger partial charge is 0.155 e. The van der Waals surface area contributed by atoms with Gasteiger partial charge in [-0.25, -0.2) is 4.98 Å². The quantitative estimate of drug-likeness (QED) is 0.603. The van der Waals surface area contributed by atoms with Gasteiger partial charge in [-0.05, 0) is 25.0 Å². The van der Waals surface area contributed by atoms with E-state index >= 15 is 0 Å². The molecule has 0 spiro atoms. The third-order valence-electron chi connectivity index (χ3n) is 1.44. The Morgan fingerprint density at radius 1 is 1.54 bits per heavy atom. The van der Waals surface area contributed by atoms with Gasteiger partial charge in [0.15, 0.2) is 5.69 Å². The minimum absolute atomic E-state index is 0.146. The van der Waals surface area contributed by atoms with E-state index in [1.807, 2.05) is 6.92 Å². The molecule has 0 bridgehead atoms. The first-order chi connectivity index (χ1) is 6.24. The number of nitrogens with zero attached hydrogens (tertiary/aromatic N) is 1. The van der Waals surface area contributed by atoms with Crippen molar-refractivity contribution in [1.29, 1.82) is 0 Å². The molecule has 0 amide bonds. The lowest BCUT2D eigenvalue weighted by molar-refractivity contribution is 0.470. The van der Waals surface area contributed by atoms with Crippen molar-refractivity contribution in [3.63, 3.8) is 0 Å². The zero-order valence-electron chi connectivity index (χ0n) is 7.34. The second-order valence-corrected chi connectivity index (χ2v) is 3.35. The van der Waals surface area contributed by atoms with Gasteiger partial charge < -0.3 is 5.11 Å². The lowest BCUT2D eigenvalue weighted by atomic mass is 10.3. The summed E-state index contributed by atoms with van der Waals surface area (Å²) in [5.41, 5.74) is 1.32. The molecule has 13 heavy (non-hydrogen) atoms. The van der Waals surface area contributed by atoms with Crippen LogP contribution in [0.5, 0.6) is 5.75 Å². The highest BCUT2D eigenvalue weighted by atomic mass is 79.9. The number of aryl methyl sites for hydroxylation is 1. The first-order valence-corrected chi connectivity index (χ1v) is 5.07. The second-order valence-electron chi connectivity index (χ2n) is 2.56. The van der Waals surface area contributed by atoms with Crippen LogP contribution >= 0.6 is 15.9 Å². The summed E-state index contributed by atoms with van der Waals surface area (Å²) in [5, 5.41) is 10.2. The van der Waals surface area contributed by atoms with Crippen LogP contribution in [0, 0.1) is 18.8 Å². The second kappa shape index (κ2) is 4.88.